The number of rotatable bonds is 6. The maximum Gasteiger partial charge on any atom is 0.267 e. The zero-order chi connectivity index (χ0) is 21.1. The maximum atomic E-state index is 13.0. The van der Waals surface area contributed by atoms with E-state index in [0.29, 0.717) is 30.2 Å². The van der Waals surface area contributed by atoms with Gasteiger partial charge in [-0.05, 0) is 49.1 Å². The zero-order valence-electron chi connectivity index (χ0n) is 17.2. The first-order chi connectivity index (χ1) is 14.5. The monoisotopic (exact) mass is 425 g/mol. The summed E-state index contributed by atoms with van der Waals surface area (Å²) in [7, 11) is -1.67. The first-order valence-electron chi connectivity index (χ1n) is 10.4. The Hall–Kier alpha value is -2.64. The van der Waals surface area contributed by atoms with Crippen molar-refractivity contribution < 1.29 is 13.2 Å². The van der Waals surface area contributed by atoms with Crippen molar-refractivity contribution in [3.8, 4) is 0 Å². The summed E-state index contributed by atoms with van der Waals surface area (Å²) in [5.74, 6) is -0.162. The lowest BCUT2D eigenvalue weighted by Crippen LogP contribution is -2.35. The van der Waals surface area contributed by atoms with Gasteiger partial charge in [-0.15, -0.1) is 0 Å². The molecule has 6 nitrogen and oxygen atoms in total. The summed E-state index contributed by atoms with van der Waals surface area (Å²) in [6.07, 6.45) is 3.64. The van der Waals surface area contributed by atoms with Gasteiger partial charge in [-0.1, -0.05) is 36.8 Å². The van der Waals surface area contributed by atoms with Crippen LogP contribution in [0.3, 0.4) is 0 Å². The lowest BCUT2D eigenvalue weighted by Gasteiger charge is -2.25. The van der Waals surface area contributed by atoms with Crippen LogP contribution >= 0.6 is 0 Å². The Balaban J connectivity index is 1.52. The molecule has 0 unspecified atom stereocenters. The molecule has 1 fully saturated rings. The van der Waals surface area contributed by atoms with E-state index < -0.39 is 10.0 Å². The van der Waals surface area contributed by atoms with Gasteiger partial charge in [0.1, 0.15) is 5.69 Å². The molecule has 0 atom stereocenters. The highest BCUT2D eigenvalue weighted by Crippen LogP contribution is 2.26. The van der Waals surface area contributed by atoms with Crippen LogP contribution in [0.4, 0.5) is 0 Å². The first-order valence-corrected chi connectivity index (χ1v) is 11.8. The van der Waals surface area contributed by atoms with Crippen LogP contribution in [0.15, 0.2) is 59.5 Å². The minimum Gasteiger partial charge on any atom is -0.350 e. The normalized spacial score (nSPS) is 15.4. The van der Waals surface area contributed by atoms with Crippen LogP contribution < -0.4 is 5.32 Å². The topological polar surface area (TPSA) is 71.4 Å². The summed E-state index contributed by atoms with van der Waals surface area (Å²) in [6, 6.07) is 16.9. The second-order valence-corrected chi connectivity index (χ2v) is 9.70. The Kier molecular flexibility index (Phi) is 5.92. The van der Waals surface area contributed by atoms with Crippen molar-refractivity contribution in [2.24, 2.45) is 7.05 Å². The Morgan fingerprint density at radius 1 is 1.00 bits per heavy atom. The number of benzene rings is 2. The summed E-state index contributed by atoms with van der Waals surface area (Å²) in [4.78, 5) is 13.0. The number of hydrogen-bond acceptors (Lipinski definition) is 3. The third kappa shape index (κ3) is 4.13. The SMILES string of the molecule is Cn1c(C(=O)NCCc2ccccc2)cc2cc(S(=O)(=O)N3CCCCC3)ccc21. The Morgan fingerprint density at radius 2 is 1.73 bits per heavy atom. The standard InChI is InChI=1S/C23H27N3O3S/c1-25-21-11-10-20(30(28,29)26-14-6-3-7-15-26)16-19(21)17-22(25)23(27)24-13-12-18-8-4-2-5-9-18/h2,4-5,8-11,16-17H,3,6-7,12-15H2,1H3,(H,24,27). The molecule has 158 valence electrons. The van der Waals surface area contributed by atoms with Gasteiger partial charge in [0.15, 0.2) is 0 Å². The molecule has 1 aliphatic heterocycles. The van der Waals surface area contributed by atoms with Gasteiger partial charge in [-0.3, -0.25) is 4.79 Å². The molecular formula is C23H27N3O3S. The molecule has 0 aliphatic carbocycles. The molecule has 2 aromatic carbocycles. The van der Waals surface area contributed by atoms with E-state index in [1.165, 1.54) is 5.56 Å². The summed E-state index contributed by atoms with van der Waals surface area (Å²) in [5, 5.41) is 3.71. The second kappa shape index (κ2) is 8.62. The van der Waals surface area contributed by atoms with E-state index in [4.69, 9.17) is 0 Å². The van der Waals surface area contributed by atoms with Gasteiger partial charge in [0.2, 0.25) is 10.0 Å². The number of aryl methyl sites for hydroxylation is 1. The van der Waals surface area contributed by atoms with Gasteiger partial charge in [-0.25, -0.2) is 8.42 Å². The van der Waals surface area contributed by atoms with Crippen LogP contribution in [0.2, 0.25) is 0 Å². The Morgan fingerprint density at radius 3 is 2.47 bits per heavy atom. The minimum atomic E-state index is -3.50. The first kappa shape index (κ1) is 20.6. The van der Waals surface area contributed by atoms with Crippen LogP contribution in [-0.4, -0.2) is 42.8 Å². The number of piperidine rings is 1. The van der Waals surface area contributed by atoms with E-state index in [-0.39, 0.29) is 5.91 Å². The van der Waals surface area contributed by atoms with Crippen molar-refractivity contribution >= 4 is 26.8 Å². The van der Waals surface area contributed by atoms with E-state index in [1.54, 1.807) is 28.6 Å². The molecule has 1 N–H and O–H groups in total. The maximum absolute atomic E-state index is 13.0. The van der Waals surface area contributed by atoms with Crippen molar-refractivity contribution in [3.63, 3.8) is 0 Å². The fourth-order valence-corrected chi connectivity index (χ4v) is 5.57. The molecule has 4 rings (SSSR count). The van der Waals surface area contributed by atoms with Gasteiger partial charge < -0.3 is 9.88 Å². The fourth-order valence-electron chi connectivity index (χ4n) is 4.02. The van der Waals surface area contributed by atoms with Crippen LogP contribution in [0.5, 0.6) is 0 Å². The van der Waals surface area contributed by atoms with Crippen molar-refractivity contribution in [2.45, 2.75) is 30.6 Å². The molecule has 1 saturated heterocycles. The molecular weight excluding hydrogens is 398 g/mol. The summed E-state index contributed by atoms with van der Waals surface area (Å²) in [6.45, 7) is 1.69. The molecule has 0 bridgehead atoms. The average Bonchev–Trinajstić information content (AvgIpc) is 3.11. The number of sulfonamides is 1. The largest absolute Gasteiger partial charge is 0.350 e. The molecule has 0 saturated carbocycles. The Bertz CT molecular complexity index is 1150. The predicted octanol–water partition coefficient (Wildman–Crippen LogP) is 3.33. The number of amides is 1. The van der Waals surface area contributed by atoms with Gasteiger partial charge in [0.05, 0.1) is 4.90 Å². The summed E-state index contributed by atoms with van der Waals surface area (Å²) < 4.78 is 29.3. The molecule has 1 aromatic heterocycles. The van der Waals surface area contributed by atoms with Crippen LogP contribution in [0, 0.1) is 0 Å². The molecule has 7 heteroatoms. The number of hydrogen-bond donors (Lipinski definition) is 1. The minimum absolute atomic E-state index is 0.162. The van der Waals surface area contributed by atoms with Crippen molar-refractivity contribution in [3.05, 3.63) is 65.9 Å². The lowest BCUT2D eigenvalue weighted by molar-refractivity contribution is 0.0946. The number of carbonyl (C=O) groups excluding carboxylic acids is 1. The van der Waals surface area contributed by atoms with Crippen LogP contribution in [-0.2, 0) is 23.5 Å². The van der Waals surface area contributed by atoms with E-state index in [1.807, 2.05) is 41.9 Å². The number of nitrogens with one attached hydrogen (secondary N) is 1. The van der Waals surface area contributed by atoms with E-state index in [0.717, 1.165) is 36.6 Å². The average molecular weight is 426 g/mol. The van der Waals surface area contributed by atoms with Crippen LogP contribution in [0.1, 0.15) is 35.3 Å². The number of carbonyl (C=O) groups is 1. The molecule has 1 amide bonds. The van der Waals surface area contributed by atoms with Crippen molar-refractivity contribution in [1.29, 1.82) is 0 Å². The Labute approximate surface area is 177 Å². The van der Waals surface area contributed by atoms with Gasteiger partial charge in [-0.2, -0.15) is 4.31 Å². The van der Waals surface area contributed by atoms with Crippen molar-refractivity contribution in [2.75, 3.05) is 19.6 Å². The third-order valence-electron chi connectivity index (χ3n) is 5.74. The highest BCUT2D eigenvalue weighted by Gasteiger charge is 2.26. The molecule has 0 spiro atoms. The van der Waals surface area contributed by atoms with Gasteiger partial charge in [0, 0.05) is 37.6 Å². The van der Waals surface area contributed by atoms with Gasteiger partial charge >= 0.3 is 0 Å². The molecule has 1 aliphatic rings. The van der Waals surface area contributed by atoms with Gasteiger partial charge in [0.25, 0.3) is 5.91 Å². The molecule has 0 radical (unpaired) electrons. The van der Waals surface area contributed by atoms with Crippen molar-refractivity contribution in [1.82, 2.24) is 14.2 Å². The highest BCUT2D eigenvalue weighted by molar-refractivity contribution is 7.89. The van der Waals surface area contributed by atoms with Crippen LogP contribution in [0.25, 0.3) is 10.9 Å². The third-order valence-corrected chi connectivity index (χ3v) is 7.64. The predicted molar refractivity (Wildman–Crippen MR) is 118 cm³/mol. The quantitative estimate of drug-likeness (QED) is 0.659. The second-order valence-electron chi connectivity index (χ2n) is 7.77. The summed E-state index contributed by atoms with van der Waals surface area (Å²) in [5.41, 5.74) is 2.52. The number of aromatic nitrogens is 1. The molecule has 2 heterocycles. The molecule has 30 heavy (non-hydrogen) atoms. The molecule has 3 aromatic rings. The van der Waals surface area contributed by atoms with E-state index in [2.05, 4.69) is 5.32 Å². The summed E-state index contributed by atoms with van der Waals surface area (Å²) >= 11 is 0. The smallest absolute Gasteiger partial charge is 0.267 e. The zero-order valence-corrected chi connectivity index (χ0v) is 18.0. The van der Waals surface area contributed by atoms with E-state index in [9.17, 15) is 13.2 Å². The lowest BCUT2D eigenvalue weighted by atomic mass is 10.1. The van der Waals surface area contributed by atoms with E-state index >= 15 is 0 Å². The highest BCUT2D eigenvalue weighted by atomic mass is 32.2. The fraction of sp³-hybridized carbons (Fsp3) is 0.348. The number of nitrogens with zero attached hydrogens (tertiary/aromatic N) is 2. The number of fused-ring (bicyclic) bond motifs is 1.